The first-order valence-electron chi connectivity index (χ1n) is 7.51. The minimum absolute atomic E-state index is 0.0131. The van der Waals surface area contributed by atoms with Crippen LogP contribution in [0.5, 0.6) is 0 Å². The summed E-state index contributed by atoms with van der Waals surface area (Å²) in [7, 11) is 0. The van der Waals surface area contributed by atoms with Gasteiger partial charge >= 0.3 is 12.1 Å². The molecule has 2 aliphatic rings. The Bertz CT molecular complexity index is 592. The van der Waals surface area contributed by atoms with Crippen LogP contribution in [0.1, 0.15) is 32.8 Å². The van der Waals surface area contributed by atoms with Gasteiger partial charge in [0, 0.05) is 19.0 Å². The molecule has 1 saturated carbocycles. The maximum Gasteiger partial charge on any atom is 0.410 e. The average molecular weight is 323 g/mol. The minimum Gasteiger partial charge on any atom is -0.481 e. The average Bonchev–Trinajstić information content (AvgIpc) is 2.78. The van der Waals surface area contributed by atoms with Gasteiger partial charge in [0.05, 0.1) is 0 Å². The maximum atomic E-state index is 12.2. The molecule has 3 rings (SSSR count). The fraction of sp³-hybridized carbons (Fsp3) is 0.625. The summed E-state index contributed by atoms with van der Waals surface area (Å²) in [6.45, 7) is 6.53. The fourth-order valence-corrected chi connectivity index (χ4v) is 4.45. The zero-order chi connectivity index (χ0) is 16.1. The topological polar surface area (TPSA) is 66.8 Å². The molecule has 120 valence electrons. The Morgan fingerprint density at radius 1 is 1.41 bits per heavy atom. The number of carbonyl (C=O) groups is 2. The van der Waals surface area contributed by atoms with Crippen LogP contribution in [-0.2, 0) is 14.9 Å². The molecule has 1 saturated heterocycles. The van der Waals surface area contributed by atoms with Gasteiger partial charge in [-0.2, -0.15) is 11.3 Å². The predicted octanol–water partition coefficient (Wildman–Crippen LogP) is 2.96. The summed E-state index contributed by atoms with van der Waals surface area (Å²) in [5.74, 6) is -0.661. The molecule has 0 radical (unpaired) electrons. The number of nitrogens with zero attached hydrogens (tertiary/aromatic N) is 1. The van der Waals surface area contributed by atoms with Gasteiger partial charge in [0.1, 0.15) is 11.0 Å². The SMILES string of the molecule is CC(C)(C)OC(=O)N1CCC2C(C1)C2(C(=O)O)c1ccsc1. The molecule has 1 aliphatic heterocycles. The highest BCUT2D eigenvalue weighted by atomic mass is 32.1. The molecule has 2 fully saturated rings. The molecule has 0 bridgehead atoms. The van der Waals surface area contributed by atoms with Gasteiger partial charge in [0.25, 0.3) is 0 Å². The number of hydrogen-bond donors (Lipinski definition) is 1. The lowest BCUT2D eigenvalue weighted by molar-refractivity contribution is -0.140. The van der Waals surface area contributed by atoms with Crippen molar-refractivity contribution in [1.82, 2.24) is 4.90 Å². The Kier molecular flexibility index (Phi) is 3.47. The Labute approximate surface area is 133 Å². The van der Waals surface area contributed by atoms with E-state index in [0.717, 1.165) is 5.56 Å². The summed E-state index contributed by atoms with van der Waals surface area (Å²) in [5.41, 5.74) is -0.461. The van der Waals surface area contributed by atoms with Gasteiger partial charge in [-0.05, 0) is 55.5 Å². The van der Waals surface area contributed by atoms with Gasteiger partial charge < -0.3 is 14.7 Å². The van der Waals surface area contributed by atoms with Gasteiger partial charge in [0.2, 0.25) is 0 Å². The van der Waals surface area contributed by atoms with E-state index in [-0.39, 0.29) is 17.9 Å². The summed E-state index contributed by atoms with van der Waals surface area (Å²) < 4.78 is 5.41. The minimum atomic E-state index is -0.809. The molecule has 2 heterocycles. The van der Waals surface area contributed by atoms with Crippen LogP contribution in [-0.4, -0.2) is 40.8 Å². The normalized spacial score (nSPS) is 30.6. The summed E-state index contributed by atoms with van der Waals surface area (Å²) in [5, 5.41) is 13.6. The van der Waals surface area contributed by atoms with E-state index < -0.39 is 17.0 Å². The number of rotatable bonds is 2. The third kappa shape index (κ3) is 2.29. The number of thiophene rings is 1. The molecule has 1 amide bonds. The smallest absolute Gasteiger partial charge is 0.410 e. The predicted molar refractivity (Wildman–Crippen MR) is 83.0 cm³/mol. The molecule has 1 aromatic heterocycles. The molecule has 3 atom stereocenters. The van der Waals surface area contributed by atoms with Crippen LogP contribution < -0.4 is 0 Å². The van der Waals surface area contributed by atoms with Crippen LogP contribution in [0.15, 0.2) is 16.8 Å². The van der Waals surface area contributed by atoms with Gasteiger partial charge in [-0.25, -0.2) is 4.79 Å². The molecule has 1 aliphatic carbocycles. The number of aliphatic carboxylic acids is 1. The molecule has 3 unspecified atom stereocenters. The quantitative estimate of drug-likeness (QED) is 0.908. The summed E-state index contributed by atoms with van der Waals surface area (Å²) in [4.78, 5) is 25.8. The summed E-state index contributed by atoms with van der Waals surface area (Å²) >= 11 is 1.52. The molecule has 6 heteroatoms. The lowest BCUT2D eigenvalue weighted by Crippen LogP contribution is -2.40. The van der Waals surface area contributed by atoms with Crippen molar-refractivity contribution in [3.8, 4) is 0 Å². The van der Waals surface area contributed by atoms with E-state index in [2.05, 4.69) is 0 Å². The number of piperidine rings is 1. The van der Waals surface area contributed by atoms with E-state index in [0.29, 0.717) is 19.5 Å². The largest absolute Gasteiger partial charge is 0.481 e. The zero-order valence-electron chi connectivity index (χ0n) is 13.0. The second-order valence-electron chi connectivity index (χ2n) is 7.11. The Hall–Kier alpha value is -1.56. The van der Waals surface area contributed by atoms with Crippen molar-refractivity contribution in [3.63, 3.8) is 0 Å². The summed E-state index contributed by atoms with van der Waals surface area (Å²) in [6, 6.07) is 1.90. The molecule has 0 spiro atoms. The van der Waals surface area contributed by atoms with E-state index in [1.165, 1.54) is 11.3 Å². The first-order chi connectivity index (χ1) is 10.3. The lowest BCUT2D eigenvalue weighted by atomic mass is 9.94. The van der Waals surface area contributed by atoms with Crippen LogP contribution in [0, 0.1) is 11.8 Å². The molecule has 1 aromatic rings. The second kappa shape index (κ2) is 4.98. The van der Waals surface area contributed by atoms with Crippen molar-refractivity contribution in [2.24, 2.45) is 11.8 Å². The van der Waals surface area contributed by atoms with Crippen LogP contribution in [0.3, 0.4) is 0 Å². The van der Waals surface area contributed by atoms with Crippen molar-refractivity contribution in [1.29, 1.82) is 0 Å². The number of ether oxygens (including phenoxy) is 1. The van der Waals surface area contributed by atoms with Gasteiger partial charge in [0.15, 0.2) is 0 Å². The lowest BCUT2D eigenvalue weighted by Gasteiger charge is -2.29. The van der Waals surface area contributed by atoms with Crippen LogP contribution in [0.2, 0.25) is 0 Å². The maximum absolute atomic E-state index is 12.2. The number of carboxylic acid groups (broad SMARTS) is 1. The third-order valence-electron chi connectivity index (χ3n) is 4.68. The molecule has 22 heavy (non-hydrogen) atoms. The molecule has 5 nitrogen and oxygen atoms in total. The number of carbonyl (C=O) groups excluding carboxylic acids is 1. The highest BCUT2D eigenvalue weighted by Gasteiger charge is 2.72. The number of likely N-dealkylation sites (tertiary alicyclic amines) is 1. The molecular formula is C16H21NO4S. The van der Waals surface area contributed by atoms with Crippen molar-refractivity contribution in [2.45, 2.75) is 38.2 Å². The Morgan fingerprint density at radius 3 is 2.68 bits per heavy atom. The zero-order valence-corrected chi connectivity index (χ0v) is 13.9. The second-order valence-corrected chi connectivity index (χ2v) is 7.89. The van der Waals surface area contributed by atoms with Crippen molar-refractivity contribution >= 4 is 23.4 Å². The monoisotopic (exact) mass is 323 g/mol. The molecular weight excluding hydrogens is 302 g/mol. The number of fused-ring (bicyclic) bond motifs is 1. The fourth-order valence-electron chi connectivity index (χ4n) is 3.72. The number of carboxylic acids is 1. The highest BCUT2D eigenvalue weighted by Crippen LogP contribution is 2.64. The Morgan fingerprint density at radius 2 is 2.14 bits per heavy atom. The van der Waals surface area contributed by atoms with E-state index in [1.54, 1.807) is 4.90 Å². The first-order valence-corrected chi connectivity index (χ1v) is 8.45. The number of hydrogen-bond acceptors (Lipinski definition) is 4. The van der Waals surface area contributed by atoms with Crippen molar-refractivity contribution in [2.75, 3.05) is 13.1 Å². The van der Waals surface area contributed by atoms with Crippen molar-refractivity contribution in [3.05, 3.63) is 22.4 Å². The third-order valence-corrected chi connectivity index (χ3v) is 5.36. The van der Waals surface area contributed by atoms with E-state index in [1.807, 2.05) is 37.6 Å². The van der Waals surface area contributed by atoms with E-state index in [9.17, 15) is 14.7 Å². The van der Waals surface area contributed by atoms with Gasteiger partial charge in [-0.15, -0.1) is 0 Å². The van der Waals surface area contributed by atoms with Crippen LogP contribution >= 0.6 is 11.3 Å². The van der Waals surface area contributed by atoms with E-state index in [4.69, 9.17) is 4.74 Å². The van der Waals surface area contributed by atoms with Crippen LogP contribution in [0.25, 0.3) is 0 Å². The standard InChI is InChI=1S/C16H21NO4S/c1-15(2,3)21-14(20)17-6-4-11-12(8-17)16(11,13(18)19)10-5-7-22-9-10/h5,7,9,11-12H,4,6,8H2,1-3H3,(H,18,19). The van der Waals surface area contributed by atoms with Crippen molar-refractivity contribution < 1.29 is 19.4 Å². The number of amides is 1. The highest BCUT2D eigenvalue weighted by molar-refractivity contribution is 7.08. The van der Waals surface area contributed by atoms with Gasteiger partial charge in [-0.3, -0.25) is 4.79 Å². The van der Waals surface area contributed by atoms with Crippen LogP contribution in [0.4, 0.5) is 4.79 Å². The Balaban J connectivity index is 1.77. The van der Waals surface area contributed by atoms with E-state index >= 15 is 0 Å². The molecule has 1 N–H and O–H groups in total. The summed E-state index contributed by atoms with van der Waals surface area (Å²) in [6.07, 6.45) is 0.369. The molecule has 0 aromatic carbocycles. The van der Waals surface area contributed by atoms with Gasteiger partial charge in [-0.1, -0.05) is 0 Å². The first kappa shape index (κ1) is 15.3.